The Labute approximate surface area is 465 Å². The van der Waals surface area contributed by atoms with Gasteiger partial charge in [0.15, 0.2) is 11.9 Å². The van der Waals surface area contributed by atoms with E-state index in [1.807, 2.05) is 24.3 Å². The number of H-pyrrole nitrogens is 1. The van der Waals surface area contributed by atoms with Gasteiger partial charge in [0.05, 0.1) is 6.42 Å². The molecule has 0 radical (unpaired) electrons. The zero-order chi connectivity index (χ0) is 58.0. The van der Waals surface area contributed by atoms with Crippen LogP contribution in [0.2, 0.25) is 0 Å². The topological polar surface area (TPSA) is 446 Å². The van der Waals surface area contributed by atoms with Gasteiger partial charge in [0.1, 0.15) is 42.3 Å². The summed E-state index contributed by atoms with van der Waals surface area (Å²) < 4.78 is 0. The fourth-order valence-electron chi connectivity index (χ4n) is 9.76. The monoisotopic (exact) mass is 1110 g/mol. The second-order valence-electron chi connectivity index (χ2n) is 20.4. The van der Waals surface area contributed by atoms with Gasteiger partial charge >= 0.3 is 0 Å². The molecule has 1 aliphatic heterocycles. The molecule has 5 rings (SSSR count). The van der Waals surface area contributed by atoms with E-state index in [1.54, 1.807) is 36.5 Å². The Balaban J connectivity index is 1.50. The first-order valence-corrected chi connectivity index (χ1v) is 27.5. The molecule has 26 nitrogen and oxygen atoms in total. The van der Waals surface area contributed by atoms with Crippen molar-refractivity contribution in [2.24, 2.45) is 50.3 Å². The lowest BCUT2D eigenvalue weighted by Crippen LogP contribution is -2.61. The molecule has 2 heterocycles. The molecule has 7 atom stereocenters. The molecule has 21 N–H and O–H groups in total. The van der Waals surface area contributed by atoms with Gasteiger partial charge < -0.3 is 81.9 Å². The Morgan fingerprint density at radius 3 is 1.90 bits per heavy atom. The second kappa shape index (κ2) is 32.6. The Bertz CT molecular complexity index is 2630. The molecule has 436 valence electrons. The largest absolute Gasteiger partial charge is 0.370 e. The highest BCUT2D eigenvalue weighted by Crippen LogP contribution is 2.26. The Morgan fingerprint density at radius 1 is 0.637 bits per heavy atom. The number of carbonyl (C=O) groups is 9. The van der Waals surface area contributed by atoms with Crippen molar-refractivity contribution in [1.82, 2.24) is 47.5 Å². The fourth-order valence-corrected chi connectivity index (χ4v) is 9.76. The minimum atomic E-state index is -1.62. The van der Waals surface area contributed by atoms with Crippen LogP contribution in [0.5, 0.6) is 0 Å². The normalized spacial score (nSPS) is 21.9. The average molecular weight is 1110 g/mol. The summed E-state index contributed by atoms with van der Waals surface area (Å²) in [4.78, 5) is 138. The summed E-state index contributed by atoms with van der Waals surface area (Å²) in [5.41, 5.74) is 36.1. The molecule has 9 amide bonds. The molecule has 80 heavy (non-hydrogen) atoms. The number of nitrogens with one attached hydrogen (secondary N) is 9. The lowest BCUT2D eigenvalue weighted by atomic mass is 9.87. The number of benzene rings is 2. The number of carbonyl (C=O) groups excluding carboxylic acids is 9. The molecule has 3 aromatic rings. The quantitative estimate of drug-likeness (QED) is 0.0329. The molecular formula is C54H81N17O9. The van der Waals surface area contributed by atoms with Crippen molar-refractivity contribution in [3.05, 3.63) is 71.9 Å². The van der Waals surface area contributed by atoms with Gasteiger partial charge in [0, 0.05) is 56.0 Å². The van der Waals surface area contributed by atoms with E-state index >= 15 is 0 Å². The first-order chi connectivity index (χ1) is 38.4. The maximum atomic E-state index is 14.7. The van der Waals surface area contributed by atoms with Gasteiger partial charge in [0.2, 0.25) is 53.2 Å². The smallest absolute Gasteiger partial charge is 0.243 e. The Morgan fingerprint density at radius 2 is 1.23 bits per heavy atom. The van der Waals surface area contributed by atoms with Crippen molar-refractivity contribution in [2.75, 3.05) is 26.2 Å². The molecule has 1 aliphatic carbocycles. The first-order valence-electron chi connectivity index (χ1n) is 27.5. The van der Waals surface area contributed by atoms with E-state index in [1.165, 1.54) is 0 Å². The lowest BCUT2D eigenvalue weighted by Gasteiger charge is -2.28. The molecule has 1 saturated carbocycles. The molecule has 0 bridgehead atoms. The van der Waals surface area contributed by atoms with Gasteiger partial charge in [-0.25, -0.2) is 0 Å². The summed E-state index contributed by atoms with van der Waals surface area (Å²) >= 11 is 0. The average Bonchev–Trinajstić information content (AvgIpc) is 3.84. The van der Waals surface area contributed by atoms with Crippen LogP contribution in [0.15, 0.2) is 70.8 Å². The predicted octanol–water partition coefficient (Wildman–Crippen LogP) is -2.05. The van der Waals surface area contributed by atoms with Crippen molar-refractivity contribution in [1.29, 1.82) is 0 Å². The summed E-state index contributed by atoms with van der Waals surface area (Å²) in [5.74, 6) is -7.14. The minimum absolute atomic E-state index is 0.0248. The van der Waals surface area contributed by atoms with E-state index in [0.717, 1.165) is 43.0 Å². The van der Waals surface area contributed by atoms with Gasteiger partial charge in [-0.15, -0.1) is 0 Å². The van der Waals surface area contributed by atoms with E-state index in [2.05, 4.69) is 57.5 Å². The highest BCUT2D eigenvalue weighted by atomic mass is 16.2. The SMILES string of the molecule is NCCC1NC(=O)C(NC(=O)C(CCCN=C(N)N)NC(=O)CC2CCCCC2)CC(=O)NCCCCC(C(N)=O)NC(=O)C(Cc2c[nH]c3ccccc23)NC(=O)C(CCCN=C(N)N)NC(=O)C(Cc2ccccc2)NC1=O. The van der Waals surface area contributed by atoms with Crippen LogP contribution >= 0.6 is 0 Å². The van der Waals surface area contributed by atoms with Crippen LogP contribution in [0, 0.1) is 5.92 Å². The number of aromatic nitrogens is 1. The van der Waals surface area contributed by atoms with E-state index in [0.29, 0.717) is 11.1 Å². The molecule has 2 fully saturated rings. The number of hydrogen-bond donors (Lipinski definition) is 15. The summed E-state index contributed by atoms with van der Waals surface area (Å²) in [6, 6.07) is 6.44. The number of guanidine groups is 2. The third kappa shape index (κ3) is 21.2. The summed E-state index contributed by atoms with van der Waals surface area (Å²) in [6.07, 6.45) is 6.68. The van der Waals surface area contributed by atoms with E-state index in [4.69, 9.17) is 34.4 Å². The van der Waals surface area contributed by atoms with Crippen LogP contribution in [0.25, 0.3) is 10.9 Å². The van der Waals surface area contributed by atoms with Crippen molar-refractivity contribution >= 4 is 76.0 Å². The van der Waals surface area contributed by atoms with Gasteiger partial charge in [-0.1, -0.05) is 67.8 Å². The molecule has 1 saturated heterocycles. The number of nitrogens with two attached hydrogens (primary N) is 6. The minimum Gasteiger partial charge on any atom is -0.370 e. The van der Waals surface area contributed by atoms with Crippen molar-refractivity contribution < 1.29 is 43.2 Å². The number of para-hydroxylation sites is 1. The predicted molar refractivity (Wildman–Crippen MR) is 301 cm³/mol. The van der Waals surface area contributed by atoms with Crippen molar-refractivity contribution in [2.45, 2.75) is 151 Å². The fraction of sp³-hybridized carbons (Fsp3) is 0.537. The number of amides is 9. The number of nitrogens with zero attached hydrogens (tertiary/aromatic N) is 2. The summed E-state index contributed by atoms with van der Waals surface area (Å²) in [7, 11) is 0. The molecule has 2 aromatic carbocycles. The maximum absolute atomic E-state index is 14.7. The number of aromatic amines is 1. The molecule has 7 unspecified atom stereocenters. The zero-order valence-corrected chi connectivity index (χ0v) is 45.3. The van der Waals surface area contributed by atoms with Crippen molar-refractivity contribution in [3.8, 4) is 0 Å². The zero-order valence-electron chi connectivity index (χ0n) is 45.3. The lowest BCUT2D eigenvalue weighted by molar-refractivity contribution is -0.136. The molecule has 1 aromatic heterocycles. The highest BCUT2D eigenvalue weighted by molar-refractivity contribution is 5.99. The highest BCUT2D eigenvalue weighted by Gasteiger charge is 2.35. The van der Waals surface area contributed by atoms with E-state index < -0.39 is 96.0 Å². The van der Waals surface area contributed by atoms with E-state index in [-0.39, 0.29) is 121 Å². The van der Waals surface area contributed by atoms with Crippen LogP contribution in [-0.2, 0) is 56.0 Å². The maximum Gasteiger partial charge on any atom is 0.243 e. The van der Waals surface area contributed by atoms with Crippen LogP contribution in [0.1, 0.15) is 107 Å². The van der Waals surface area contributed by atoms with Crippen LogP contribution in [0.3, 0.4) is 0 Å². The third-order valence-electron chi connectivity index (χ3n) is 14.0. The van der Waals surface area contributed by atoms with Gasteiger partial charge in [-0.2, -0.15) is 0 Å². The molecule has 2 aliphatic rings. The van der Waals surface area contributed by atoms with Crippen LogP contribution < -0.4 is 76.9 Å². The Kier molecular flexibility index (Phi) is 25.5. The van der Waals surface area contributed by atoms with Gasteiger partial charge in [-0.3, -0.25) is 53.1 Å². The second-order valence-corrected chi connectivity index (χ2v) is 20.4. The van der Waals surface area contributed by atoms with Crippen LogP contribution in [-0.4, -0.2) is 139 Å². The molecule has 0 spiro atoms. The van der Waals surface area contributed by atoms with Gasteiger partial charge in [-0.05, 0) is 93.9 Å². The summed E-state index contributed by atoms with van der Waals surface area (Å²) in [6.45, 7) is 0.0709. The Hall–Kier alpha value is -8.29. The molecular weight excluding hydrogens is 1030 g/mol. The van der Waals surface area contributed by atoms with Gasteiger partial charge in [0.25, 0.3) is 0 Å². The third-order valence-corrected chi connectivity index (χ3v) is 14.0. The number of rotatable bonds is 20. The number of primary amides is 1. The van der Waals surface area contributed by atoms with Crippen molar-refractivity contribution in [3.63, 3.8) is 0 Å². The van der Waals surface area contributed by atoms with Crippen LogP contribution in [0.4, 0.5) is 0 Å². The number of aliphatic imine (C=N–C) groups is 2. The van der Waals surface area contributed by atoms with E-state index in [9.17, 15) is 43.2 Å². The summed E-state index contributed by atoms with van der Waals surface area (Å²) in [5, 5.41) is 22.5. The molecule has 26 heteroatoms. The number of hydrogen-bond acceptors (Lipinski definition) is 12. The first kappa shape index (κ1) is 62.6. The number of fused-ring (bicyclic) bond motifs is 1. The standard InChI is InChI=1S/C54H81N17O9/c55-23-22-40-49(77)69-41(27-32-13-3-1-4-14-32)50(78)67-39(21-12-26-63-54(59)60)48(76)70-42(29-34-31-64-36-18-8-7-17-35(34)36)51(79)66-37(46(56)74)19-9-10-24-61-44(72)30-43(52(80)68-40)71-47(75)38(20-11-25-62-53(57)58)65-45(73)28-33-15-5-2-6-16-33/h1,3-4,7-8,13-14,17-18,31,33,37-43,64H,2,5-6,9-12,15-16,19-30,55H2,(H2,56,74)(H,61,72)(H,65,73)(H,66,79)(H,67,78)(H,68,80)(H,69,77)(H,70,76)(H,71,75)(H4,57,58,62)(H4,59,60,63).